The molecule has 7 heteroatoms. The fraction of sp³-hybridized carbons (Fsp3) is 0.727. The van der Waals surface area contributed by atoms with Gasteiger partial charge in [-0.25, -0.2) is 9.59 Å². The van der Waals surface area contributed by atoms with Crippen LogP contribution in [0.2, 0.25) is 0 Å². The Morgan fingerprint density at radius 1 is 1.33 bits per heavy atom. The van der Waals surface area contributed by atoms with Crippen LogP contribution in [-0.4, -0.2) is 42.8 Å². The van der Waals surface area contributed by atoms with Gasteiger partial charge >= 0.3 is 18.0 Å². The van der Waals surface area contributed by atoms with Gasteiger partial charge in [0.15, 0.2) is 0 Å². The largest absolute Gasteiger partial charge is 0.480 e. The zero-order valence-corrected chi connectivity index (χ0v) is 10.9. The fourth-order valence-electron chi connectivity index (χ4n) is 1.07. The fourth-order valence-corrected chi connectivity index (χ4v) is 1.07. The molecule has 7 nitrogen and oxygen atoms in total. The highest BCUT2D eigenvalue weighted by Gasteiger charge is 2.23. The van der Waals surface area contributed by atoms with Gasteiger partial charge in [0, 0.05) is 6.54 Å². The van der Waals surface area contributed by atoms with E-state index in [2.05, 4.69) is 15.4 Å². The minimum atomic E-state index is -1.28. The molecule has 0 aromatic heterocycles. The first-order valence-electron chi connectivity index (χ1n) is 5.74. The summed E-state index contributed by atoms with van der Waals surface area (Å²) < 4.78 is 4.35. The molecule has 104 valence electrons. The van der Waals surface area contributed by atoms with E-state index in [1.165, 1.54) is 0 Å². The first-order chi connectivity index (χ1) is 8.40. The van der Waals surface area contributed by atoms with Crippen molar-refractivity contribution in [3.63, 3.8) is 0 Å². The van der Waals surface area contributed by atoms with Crippen molar-refractivity contribution in [2.24, 2.45) is 5.92 Å². The number of esters is 1. The number of carboxylic acid groups (broad SMARTS) is 1. The van der Waals surface area contributed by atoms with E-state index in [1.807, 2.05) is 13.8 Å². The zero-order valence-electron chi connectivity index (χ0n) is 10.9. The highest BCUT2D eigenvalue weighted by molar-refractivity contribution is 5.86. The standard InChI is InChI=1S/C11H20N2O5/c1-4-7(2)6-12-11(17)13-8(10(15)16)5-9(14)18-3/h7-8H,4-6H2,1-3H3,(H,15,16)(H2,12,13,17)/t7?,8-/m0/s1. The third-order valence-electron chi connectivity index (χ3n) is 2.51. The van der Waals surface area contributed by atoms with E-state index in [4.69, 9.17) is 5.11 Å². The number of carbonyl (C=O) groups is 3. The summed E-state index contributed by atoms with van der Waals surface area (Å²) in [6, 6.07) is -1.89. The van der Waals surface area contributed by atoms with Gasteiger partial charge in [0.1, 0.15) is 6.04 Å². The number of carbonyl (C=O) groups excluding carboxylic acids is 2. The average molecular weight is 260 g/mol. The number of rotatable bonds is 7. The van der Waals surface area contributed by atoms with E-state index in [9.17, 15) is 14.4 Å². The molecule has 3 N–H and O–H groups in total. The summed E-state index contributed by atoms with van der Waals surface area (Å²) in [5.41, 5.74) is 0. The molecule has 0 rings (SSSR count). The molecule has 0 heterocycles. The maximum atomic E-state index is 11.4. The molecular formula is C11H20N2O5. The molecular weight excluding hydrogens is 240 g/mol. The lowest BCUT2D eigenvalue weighted by atomic mass is 10.1. The van der Waals surface area contributed by atoms with Crippen molar-refractivity contribution in [1.82, 2.24) is 10.6 Å². The van der Waals surface area contributed by atoms with Gasteiger partial charge in [-0.1, -0.05) is 20.3 Å². The summed E-state index contributed by atoms with van der Waals surface area (Å²) >= 11 is 0. The summed E-state index contributed by atoms with van der Waals surface area (Å²) in [6.07, 6.45) is 0.507. The maximum Gasteiger partial charge on any atom is 0.326 e. The molecule has 2 atom stereocenters. The zero-order chi connectivity index (χ0) is 14.1. The average Bonchev–Trinajstić information content (AvgIpc) is 2.34. The SMILES string of the molecule is CCC(C)CNC(=O)N[C@@H](CC(=O)OC)C(=O)O. The molecule has 0 aromatic rings. The van der Waals surface area contributed by atoms with Crippen LogP contribution in [-0.2, 0) is 14.3 Å². The Morgan fingerprint density at radius 2 is 1.94 bits per heavy atom. The van der Waals surface area contributed by atoms with Crippen LogP contribution in [0.5, 0.6) is 0 Å². The number of ether oxygens (including phenoxy) is 1. The van der Waals surface area contributed by atoms with Crippen LogP contribution in [0.15, 0.2) is 0 Å². The van der Waals surface area contributed by atoms with E-state index < -0.39 is 30.4 Å². The maximum absolute atomic E-state index is 11.4. The summed E-state index contributed by atoms with van der Waals surface area (Å²) in [6.45, 7) is 4.40. The van der Waals surface area contributed by atoms with E-state index in [1.54, 1.807) is 0 Å². The molecule has 0 radical (unpaired) electrons. The van der Waals surface area contributed by atoms with Crippen molar-refractivity contribution in [2.75, 3.05) is 13.7 Å². The van der Waals surface area contributed by atoms with Gasteiger partial charge in [-0.3, -0.25) is 4.79 Å². The Morgan fingerprint density at radius 3 is 2.39 bits per heavy atom. The van der Waals surface area contributed by atoms with Crippen LogP contribution >= 0.6 is 0 Å². The van der Waals surface area contributed by atoms with E-state index in [0.29, 0.717) is 12.5 Å². The normalized spacial score (nSPS) is 13.3. The topological polar surface area (TPSA) is 105 Å². The van der Waals surface area contributed by atoms with Crippen LogP contribution in [0.1, 0.15) is 26.7 Å². The number of aliphatic carboxylic acids is 1. The molecule has 0 saturated heterocycles. The third kappa shape index (κ3) is 6.72. The molecule has 0 aliphatic carbocycles. The number of amides is 2. The van der Waals surface area contributed by atoms with Gasteiger partial charge in [-0.05, 0) is 5.92 Å². The predicted molar refractivity (Wildman–Crippen MR) is 64.0 cm³/mol. The van der Waals surface area contributed by atoms with Crippen molar-refractivity contribution >= 4 is 18.0 Å². The molecule has 2 amide bonds. The van der Waals surface area contributed by atoms with Crippen LogP contribution in [0, 0.1) is 5.92 Å². The molecule has 0 spiro atoms. The first-order valence-corrected chi connectivity index (χ1v) is 5.74. The second kappa shape index (κ2) is 8.32. The molecule has 1 unspecified atom stereocenters. The monoisotopic (exact) mass is 260 g/mol. The molecule has 0 saturated carbocycles. The van der Waals surface area contributed by atoms with Crippen molar-refractivity contribution in [2.45, 2.75) is 32.7 Å². The van der Waals surface area contributed by atoms with E-state index in [0.717, 1.165) is 13.5 Å². The number of urea groups is 1. The highest BCUT2D eigenvalue weighted by Crippen LogP contribution is 1.98. The smallest absolute Gasteiger partial charge is 0.326 e. The quantitative estimate of drug-likeness (QED) is 0.573. The lowest BCUT2D eigenvalue weighted by molar-refractivity contribution is -0.147. The van der Waals surface area contributed by atoms with Gasteiger partial charge in [-0.2, -0.15) is 0 Å². The Hall–Kier alpha value is -1.79. The minimum Gasteiger partial charge on any atom is -0.480 e. The third-order valence-corrected chi connectivity index (χ3v) is 2.51. The second-order valence-corrected chi connectivity index (χ2v) is 4.04. The molecule has 0 aliphatic rings. The number of methoxy groups -OCH3 is 1. The summed E-state index contributed by atoms with van der Waals surface area (Å²) in [7, 11) is 1.16. The van der Waals surface area contributed by atoms with Gasteiger partial charge in [0.25, 0.3) is 0 Å². The number of nitrogens with one attached hydrogen (secondary N) is 2. The van der Waals surface area contributed by atoms with Crippen LogP contribution in [0.4, 0.5) is 4.79 Å². The number of hydrogen-bond acceptors (Lipinski definition) is 4. The highest BCUT2D eigenvalue weighted by atomic mass is 16.5. The predicted octanol–water partition coefficient (Wildman–Crippen LogP) is 0.348. The molecule has 0 aliphatic heterocycles. The molecule has 0 bridgehead atoms. The minimum absolute atomic E-state index is 0.305. The van der Waals surface area contributed by atoms with Crippen LogP contribution in [0.25, 0.3) is 0 Å². The van der Waals surface area contributed by atoms with Crippen LogP contribution in [0.3, 0.4) is 0 Å². The van der Waals surface area contributed by atoms with Crippen molar-refractivity contribution in [3.05, 3.63) is 0 Å². The second-order valence-electron chi connectivity index (χ2n) is 4.04. The Balaban J connectivity index is 4.20. The Kier molecular flexibility index (Phi) is 7.50. The van der Waals surface area contributed by atoms with E-state index >= 15 is 0 Å². The summed E-state index contributed by atoms with van der Waals surface area (Å²) in [5, 5.41) is 13.6. The molecule has 18 heavy (non-hydrogen) atoms. The molecule has 0 fully saturated rings. The first kappa shape index (κ1) is 16.2. The lowest BCUT2D eigenvalue weighted by Crippen LogP contribution is -2.47. The van der Waals surface area contributed by atoms with Crippen molar-refractivity contribution < 1.29 is 24.2 Å². The Labute approximate surface area is 106 Å². The molecule has 0 aromatic carbocycles. The van der Waals surface area contributed by atoms with Gasteiger partial charge < -0.3 is 20.5 Å². The van der Waals surface area contributed by atoms with Gasteiger partial charge in [0.05, 0.1) is 13.5 Å². The Bertz CT molecular complexity index is 306. The number of hydrogen-bond donors (Lipinski definition) is 3. The number of carboxylic acids is 1. The van der Waals surface area contributed by atoms with Crippen molar-refractivity contribution in [1.29, 1.82) is 0 Å². The van der Waals surface area contributed by atoms with Gasteiger partial charge in [0.2, 0.25) is 0 Å². The van der Waals surface area contributed by atoms with Crippen LogP contribution < -0.4 is 10.6 Å². The van der Waals surface area contributed by atoms with Crippen molar-refractivity contribution in [3.8, 4) is 0 Å². The summed E-state index contributed by atoms with van der Waals surface area (Å²) in [4.78, 5) is 33.2. The van der Waals surface area contributed by atoms with E-state index in [-0.39, 0.29) is 0 Å². The van der Waals surface area contributed by atoms with Gasteiger partial charge in [-0.15, -0.1) is 0 Å². The lowest BCUT2D eigenvalue weighted by Gasteiger charge is -2.15. The summed E-state index contributed by atoms with van der Waals surface area (Å²) in [5.74, 6) is -1.66.